The largest absolute Gasteiger partial charge is 0.322 e. The van der Waals surface area contributed by atoms with Gasteiger partial charge >= 0.3 is 6.03 Å². The van der Waals surface area contributed by atoms with Crippen molar-refractivity contribution in [1.29, 1.82) is 0 Å². The summed E-state index contributed by atoms with van der Waals surface area (Å²) in [6.45, 7) is 7.04. The minimum atomic E-state index is -0.211. The van der Waals surface area contributed by atoms with Crippen LogP contribution >= 0.6 is 0 Å². The molecule has 4 heteroatoms. The molecule has 2 amide bonds. The maximum atomic E-state index is 13.9. The highest BCUT2D eigenvalue weighted by molar-refractivity contribution is 5.91. The quantitative estimate of drug-likeness (QED) is 0.349. The lowest BCUT2D eigenvalue weighted by molar-refractivity contribution is 0.194. The highest BCUT2D eigenvalue weighted by Gasteiger charge is 2.33. The number of carbonyl (C=O) groups is 1. The van der Waals surface area contributed by atoms with Gasteiger partial charge in [-0.05, 0) is 58.9 Å². The minimum Gasteiger partial charge on any atom is -0.318 e. The second kappa shape index (κ2) is 9.22. The Morgan fingerprint density at radius 1 is 0.941 bits per heavy atom. The number of aromatic nitrogens is 1. The molecule has 4 aromatic rings. The summed E-state index contributed by atoms with van der Waals surface area (Å²) in [4.78, 5) is 15.9. The number of nitrogens with zero attached hydrogens (tertiary/aromatic N) is 2. The van der Waals surface area contributed by atoms with Gasteiger partial charge in [-0.3, -0.25) is 0 Å². The van der Waals surface area contributed by atoms with Crippen LogP contribution in [0.5, 0.6) is 0 Å². The Kier molecular flexibility index (Phi) is 5.97. The normalized spacial score (nSPS) is 14.9. The van der Waals surface area contributed by atoms with Crippen LogP contribution in [0.4, 0.5) is 10.5 Å². The highest BCUT2D eigenvalue weighted by atomic mass is 16.2. The number of nitrogens with one attached hydrogen (secondary N) is 1. The molecular formula is C30H31N3O. The minimum absolute atomic E-state index is 0.0942. The first-order valence-corrected chi connectivity index (χ1v) is 12.1. The summed E-state index contributed by atoms with van der Waals surface area (Å²) in [6.07, 6.45) is 2.96. The van der Waals surface area contributed by atoms with E-state index in [9.17, 15) is 4.79 Å². The summed E-state index contributed by atoms with van der Waals surface area (Å²) in [6, 6.07) is 29.0. The lowest BCUT2D eigenvalue weighted by Gasteiger charge is -2.31. The number of para-hydroxylation sites is 2. The molecule has 0 spiro atoms. The SMILES string of the molecule is CCc1ccccc1NC(=O)N1Cc2ccccc2-n2cccc2[C@@H]1c1ccc(C(C)C)cc1. The van der Waals surface area contributed by atoms with Crippen LogP contribution in [-0.2, 0) is 13.0 Å². The van der Waals surface area contributed by atoms with E-state index in [1.165, 1.54) is 5.56 Å². The molecule has 3 aromatic carbocycles. The number of hydrogen-bond acceptors (Lipinski definition) is 1. The second-order valence-electron chi connectivity index (χ2n) is 9.22. The number of carbonyl (C=O) groups excluding carboxylic acids is 1. The molecule has 4 nitrogen and oxygen atoms in total. The molecule has 0 aliphatic carbocycles. The van der Waals surface area contributed by atoms with Crippen molar-refractivity contribution in [2.45, 2.75) is 45.7 Å². The molecular weight excluding hydrogens is 418 g/mol. The van der Waals surface area contributed by atoms with Crippen molar-refractivity contribution >= 4 is 11.7 Å². The fourth-order valence-electron chi connectivity index (χ4n) is 4.89. The smallest absolute Gasteiger partial charge is 0.318 e. The van der Waals surface area contributed by atoms with Crippen molar-refractivity contribution in [3.63, 3.8) is 0 Å². The molecule has 0 radical (unpaired) electrons. The first-order chi connectivity index (χ1) is 16.6. The van der Waals surface area contributed by atoms with Gasteiger partial charge in [-0.1, -0.05) is 81.4 Å². The maximum Gasteiger partial charge on any atom is 0.322 e. The summed E-state index contributed by atoms with van der Waals surface area (Å²) in [7, 11) is 0. The number of hydrogen-bond donors (Lipinski definition) is 1. The molecule has 0 saturated heterocycles. The summed E-state index contributed by atoms with van der Waals surface area (Å²) in [5.74, 6) is 0.459. The number of rotatable bonds is 4. The number of urea groups is 1. The second-order valence-corrected chi connectivity index (χ2v) is 9.22. The van der Waals surface area contributed by atoms with Crippen LogP contribution in [0.15, 0.2) is 91.1 Å². The van der Waals surface area contributed by atoms with E-state index >= 15 is 0 Å². The van der Waals surface area contributed by atoms with Crippen LogP contribution in [0.1, 0.15) is 60.7 Å². The third-order valence-electron chi connectivity index (χ3n) is 6.78. The zero-order valence-electron chi connectivity index (χ0n) is 20.0. The molecule has 0 saturated carbocycles. The van der Waals surface area contributed by atoms with E-state index < -0.39 is 0 Å². The van der Waals surface area contributed by atoms with Gasteiger partial charge in [-0.15, -0.1) is 0 Å². The Morgan fingerprint density at radius 3 is 2.44 bits per heavy atom. The van der Waals surface area contributed by atoms with Crippen LogP contribution in [0, 0.1) is 0 Å². The van der Waals surface area contributed by atoms with Crippen LogP contribution < -0.4 is 5.32 Å². The van der Waals surface area contributed by atoms with E-state index in [0.717, 1.165) is 40.2 Å². The summed E-state index contributed by atoms with van der Waals surface area (Å²) < 4.78 is 2.23. The van der Waals surface area contributed by atoms with Crippen LogP contribution in [0.25, 0.3) is 5.69 Å². The Bertz CT molecular complexity index is 1300. The van der Waals surface area contributed by atoms with E-state index in [2.05, 4.69) is 97.5 Å². The van der Waals surface area contributed by atoms with Gasteiger partial charge in [0.15, 0.2) is 0 Å². The third-order valence-corrected chi connectivity index (χ3v) is 6.78. The number of aryl methyl sites for hydroxylation is 1. The maximum absolute atomic E-state index is 13.9. The molecule has 1 aromatic heterocycles. The van der Waals surface area contributed by atoms with Gasteiger partial charge in [0, 0.05) is 17.6 Å². The van der Waals surface area contributed by atoms with Crippen molar-refractivity contribution in [3.05, 3.63) is 119 Å². The predicted octanol–water partition coefficient (Wildman–Crippen LogP) is 7.30. The fourth-order valence-corrected chi connectivity index (χ4v) is 4.89. The van der Waals surface area contributed by atoms with Gasteiger partial charge in [0.05, 0.1) is 18.3 Å². The molecule has 0 fully saturated rings. The average molecular weight is 450 g/mol. The zero-order chi connectivity index (χ0) is 23.7. The molecule has 0 unspecified atom stereocenters. The van der Waals surface area contributed by atoms with Crippen molar-refractivity contribution in [2.24, 2.45) is 0 Å². The van der Waals surface area contributed by atoms with E-state index in [0.29, 0.717) is 12.5 Å². The van der Waals surface area contributed by atoms with E-state index in [-0.39, 0.29) is 12.1 Å². The van der Waals surface area contributed by atoms with Gasteiger partial charge in [-0.2, -0.15) is 0 Å². The van der Waals surface area contributed by atoms with Crippen molar-refractivity contribution in [1.82, 2.24) is 9.47 Å². The Labute approximate surface area is 201 Å². The first kappa shape index (κ1) is 22.0. The summed E-state index contributed by atoms with van der Waals surface area (Å²) in [5, 5.41) is 3.22. The Morgan fingerprint density at radius 2 is 1.68 bits per heavy atom. The van der Waals surface area contributed by atoms with E-state index in [4.69, 9.17) is 0 Å². The molecule has 172 valence electrons. The van der Waals surface area contributed by atoms with Gasteiger partial charge in [0.1, 0.15) is 0 Å². The molecule has 2 heterocycles. The predicted molar refractivity (Wildman–Crippen MR) is 139 cm³/mol. The van der Waals surface area contributed by atoms with Gasteiger partial charge in [0.2, 0.25) is 0 Å². The number of benzene rings is 3. The molecule has 1 atom stereocenters. The topological polar surface area (TPSA) is 37.3 Å². The summed E-state index contributed by atoms with van der Waals surface area (Å²) in [5.41, 5.74) is 7.74. The van der Waals surface area contributed by atoms with Crippen LogP contribution in [0.3, 0.4) is 0 Å². The lowest BCUT2D eigenvalue weighted by atomic mass is 9.97. The molecule has 34 heavy (non-hydrogen) atoms. The monoisotopic (exact) mass is 449 g/mol. The molecule has 1 N–H and O–H groups in total. The number of anilines is 1. The Hall–Kier alpha value is -3.79. The van der Waals surface area contributed by atoms with Crippen molar-refractivity contribution in [3.8, 4) is 5.69 Å². The summed E-state index contributed by atoms with van der Waals surface area (Å²) >= 11 is 0. The fraction of sp³-hybridized carbons (Fsp3) is 0.233. The number of fused-ring (bicyclic) bond motifs is 3. The molecule has 1 aliphatic heterocycles. The van der Waals surface area contributed by atoms with E-state index in [1.807, 2.05) is 29.2 Å². The molecule has 1 aliphatic rings. The van der Waals surface area contributed by atoms with Gasteiger partial charge < -0.3 is 14.8 Å². The van der Waals surface area contributed by atoms with Crippen molar-refractivity contribution < 1.29 is 4.79 Å². The van der Waals surface area contributed by atoms with Crippen LogP contribution in [0.2, 0.25) is 0 Å². The van der Waals surface area contributed by atoms with Gasteiger partial charge in [0.25, 0.3) is 0 Å². The van der Waals surface area contributed by atoms with Gasteiger partial charge in [-0.25, -0.2) is 4.79 Å². The first-order valence-electron chi connectivity index (χ1n) is 12.1. The van der Waals surface area contributed by atoms with Crippen molar-refractivity contribution in [2.75, 3.05) is 5.32 Å². The molecule has 0 bridgehead atoms. The Balaban J connectivity index is 1.62. The van der Waals surface area contributed by atoms with Crippen LogP contribution in [-0.4, -0.2) is 15.5 Å². The highest BCUT2D eigenvalue weighted by Crippen LogP contribution is 2.37. The number of amides is 2. The average Bonchev–Trinajstić information content (AvgIpc) is 3.28. The zero-order valence-corrected chi connectivity index (χ0v) is 20.0. The molecule has 5 rings (SSSR count). The third kappa shape index (κ3) is 4.01. The van der Waals surface area contributed by atoms with E-state index in [1.54, 1.807) is 0 Å². The lowest BCUT2D eigenvalue weighted by Crippen LogP contribution is -2.38. The standard InChI is InChI=1S/C30H31N3O/c1-4-22-10-5-7-12-26(22)31-30(34)33-20-25-11-6-8-13-27(25)32-19-9-14-28(32)29(33)24-17-15-23(16-18-24)21(2)3/h5-19,21,29H,4,20H2,1-3H3,(H,31,34)/t29-/m0/s1.